The number of ether oxygens (including phenoxy) is 5. The highest BCUT2D eigenvalue weighted by atomic mass is 16.6. The lowest BCUT2D eigenvalue weighted by Gasteiger charge is -2.43. The van der Waals surface area contributed by atoms with Crippen molar-refractivity contribution in [1.29, 1.82) is 0 Å². The summed E-state index contributed by atoms with van der Waals surface area (Å²) >= 11 is 0. The van der Waals surface area contributed by atoms with Crippen molar-refractivity contribution in [3.05, 3.63) is 54.6 Å². The largest absolute Gasteiger partial charge is 0.507 e. The number of hydrogen-bond acceptors (Lipinski definition) is 11. The number of esters is 1. The van der Waals surface area contributed by atoms with E-state index in [0.29, 0.717) is 65.9 Å². The number of phenols is 2. The number of aromatic hydroxyl groups is 2. The molecule has 1 atom stereocenters. The predicted molar refractivity (Wildman–Crippen MR) is 229 cm³/mol. The maximum absolute atomic E-state index is 13.5. The molecule has 11 heteroatoms. The van der Waals surface area contributed by atoms with E-state index in [2.05, 4.69) is 62.3 Å². The lowest BCUT2D eigenvalue weighted by Crippen LogP contribution is -2.44. The summed E-state index contributed by atoms with van der Waals surface area (Å²) in [6.45, 7) is 22.6. The molecule has 1 unspecified atom stereocenters. The highest BCUT2D eigenvalue weighted by Crippen LogP contribution is 2.47. The van der Waals surface area contributed by atoms with Crippen LogP contribution >= 0.6 is 0 Å². The van der Waals surface area contributed by atoms with Crippen LogP contribution in [-0.2, 0) is 9.53 Å². The van der Waals surface area contributed by atoms with Gasteiger partial charge in [-0.1, -0.05) is 81.6 Å². The third-order valence-electron chi connectivity index (χ3n) is 10.1. The van der Waals surface area contributed by atoms with E-state index in [1.54, 1.807) is 54.6 Å². The fourth-order valence-corrected chi connectivity index (χ4v) is 6.37. The first-order valence-electron chi connectivity index (χ1n) is 20.7. The van der Waals surface area contributed by atoms with E-state index in [0.717, 1.165) is 38.5 Å². The molecule has 11 nitrogen and oxygen atoms in total. The lowest BCUT2D eigenvalue weighted by atomic mass is 9.61. The molecule has 1 heterocycles. The fraction of sp³-hybridized carbons (Fsp3) is 0.532. The minimum Gasteiger partial charge on any atom is -0.507 e. The van der Waals surface area contributed by atoms with E-state index < -0.39 is 5.41 Å². The van der Waals surface area contributed by atoms with Gasteiger partial charge in [0.15, 0.2) is 17.5 Å². The van der Waals surface area contributed by atoms with Crippen molar-refractivity contribution in [2.24, 2.45) is 16.2 Å². The average molecular weight is 800 g/mol. The molecule has 0 aliphatic rings. The van der Waals surface area contributed by atoms with Crippen LogP contribution in [0.25, 0.3) is 34.2 Å². The van der Waals surface area contributed by atoms with E-state index in [9.17, 15) is 15.0 Å². The van der Waals surface area contributed by atoms with Crippen LogP contribution in [0.4, 0.5) is 0 Å². The first kappa shape index (κ1) is 45.6. The number of nitrogens with zero attached hydrogens (tertiary/aromatic N) is 3. The van der Waals surface area contributed by atoms with Gasteiger partial charge in [-0.25, -0.2) is 15.0 Å². The normalized spacial score (nSPS) is 12.8. The number of carbonyl (C=O) groups excluding carboxylic acids is 1. The van der Waals surface area contributed by atoms with E-state index >= 15 is 0 Å². The van der Waals surface area contributed by atoms with Crippen molar-refractivity contribution in [3.8, 4) is 68.7 Å². The molecule has 2 N–H and O–H groups in total. The summed E-state index contributed by atoms with van der Waals surface area (Å²) in [4.78, 5) is 27.9. The summed E-state index contributed by atoms with van der Waals surface area (Å²) < 4.78 is 29.9. The molecule has 58 heavy (non-hydrogen) atoms. The van der Waals surface area contributed by atoms with Crippen molar-refractivity contribution < 1.29 is 38.7 Å². The van der Waals surface area contributed by atoms with Crippen molar-refractivity contribution >= 4 is 5.97 Å². The van der Waals surface area contributed by atoms with Crippen LogP contribution in [-0.4, -0.2) is 64.2 Å². The van der Waals surface area contributed by atoms with Crippen LogP contribution in [0.3, 0.4) is 0 Å². The number of phenolic OH excluding ortho intramolecular Hbond substituents is 2. The Hall–Kier alpha value is -5.06. The number of aromatic nitrogens is 3. The zero-order chi connectivity index (χ0) is 42.5. The Morgan fingerprint density at radius 3 is 1.40 bits per heavy atom. The Kier molecular flexibility index (Phi) is 16.2. The Labute approximate surface area is 345 Å². The van der Waals surface area contributed by atoms with Crippen molar-refractivity contribution in [1.82, 2.24) is 15.0 Å². The smallest absolute Gasteiger partial charge is 0.312 e. The van der Waals surface area contributed by atoms with Gasteiger partial charge >= 0.3 is 5.97 Å². The van der Waals surface area contributed by atoms with Crippen molar-refractivity contribution in [2.75, 3.05) is 33.0 Å². The van der Waals surface area contributed by atoms with Gasteiger partial charge in [0.1, 0.15) is 47.7 Å². The first-order valence-corrected chi connectivity index (χ1v) is 20.7. The maximum Gasteiger partial charge on any atom is 0.312 e. The van der Waals surface area contributed by atoms with Crippen LogP contribution < -0.4 is 18.9 Å². The molecule has 4 aromatic rings. The predicted octanol–water partition coefficient (Wildman–Crippen LogP) is 11.2. The molecule has 0 saturated heterocycles. The third kappa shape index (κ3) is 12.5. The summed E-state index contributed by atoms with van der Waals surface area (Å²) in [7, 11) is 0. The van der Waals surface area contributed by atoms with Gasteiger partial charge in [-0.2, -0.15) is 0 Å². The molecule has 1 aromatic heterocycles. The highest BCUT2D eigenvalue weighted by molar-refractivity contribution is 5.77. The standard InChI is InChI=1S/C47H65N3O8/c1-11-14-23-54-32-17-20-35(38(51)28-32)41-48-42(36-21-18-33(29-39(36)52)55-24-15-12-2)50-43(49-41)37-22-19-34(30-40(37)57-25-16-13-3)56-26-27-58-44(53)47(10,46(7,8)9)31-45(4,5)6/h17-22,28-30,51-52H,11-16,23-27,31H2,1-10H3. The van der Waals surface area contributed by atoms with E-state index in [1.807, 2.05) is 6.92 Å². The number of unbranched alkanes of at least 4 members (excludes halogenated alkanes) is 3. The number of hydrogen-bond donors (Lipinski definition) is 2. The van der Waals surface area contributed by atoms with E-state index in [1.165, 1.54) is 0 Å². The number of benzene rings is 3. The lowest BCUT2D eigenvalue weighted by molar-refractivity contribution is -0.165. The maximum atomic E-state index is 13.5. The number of rotatable bonds is 21. The molecular weight excluding hydrogens is 735 g/mol. The van der Waals surface area contributed by atoms with Crippen LogP contribution in [0.5, 0.6) is 34.5 Å². The third-order valence-corrected chi connectivity index (χ3v) is 10.1. The van der Waals surface area contributed by atoms with Crippen molar-refractivity contribution in [2.45, 2.75) is 114 Å². The van der Waals surface area contributed by atoms with Gasteiger partial charge in [-0.05, 0) is 79.8 Å². The molecule has 316 valence electrons. The molecule has 0 spiro atoms. The van der Waals surface area contributed by atoms with Gasteiger partial charge in [-0.3, -0.25) is 4.79 Å². The van der Waals surface area contributed by atoms with Crippen LogP contribution in [0.1, 0.15) is 114 Å². The average Bonchev–Trinajstić information content (AvgIpc) is 3.15. The fourth-order valence-electron chi connectivity index (χ4n) is 6.37. The second-order valence-corrected chi connectivity index (χ2v) is 17.2. The molecule has 0 radical (unpaired) electrons. The van der Waals surface area contributed by atoms with Gasteiger partial charge in [0.05, 0.1) is 41.9 Å². The second-order valence-electron chi connectivity index (χ2n) is 17.2. The zero-order valence-electron chi connectivity index (χ0n) is 36.4. The highest BCUT2D eigenvalue weighted by Gasteiger charge is 2.47. The molecule has 0 amide bonds. The van der Waals surface area contributed by atoms with E-state index in [-0.39, 0.29) is 59.0 Å². The summed E-state index contributed by atoms with van der Waals surface area (Å²) in [5, 5.41) is 22.4. The SMILES string of the molecule is CCCCOc1ccc(-c2nc(-c3ccc(OCCCC)cc3O)nc(-c3ccc(OCCOC(=O)C(C)(CC(C)(C)C)C(C)(C)C)cc3OCCCC)n2)c(O)c1. The van der Waals surface area contributed by atoms with Gasteiger partial charge in [0.25, 0.3) is 0 Å². The van der Waals surface area contributed by atoms with Gasteiger partial charge in [0.2, 0.25) is 0 Å². The monoisotopic (exact) mass is 799 g/mol. The zero-order valence-corrected chi connectivity index (χ0v) is 36.4. The summed E-state index contributed by atoms with van der Waals surface area (Å²) in [5.41, 5.74) is 0.233. The molecule has 3 aromatic carbocycles. The summed E-state index contributed by atoms with van der Waals surface area (Å²) in [6.07, 6.45) is 6.18. The Balaban J connectivity index is 1.70. The summed E-state index contributed by atoms with van der Waals surface area (Å²) in [6, 6.07) is 15.4. The molecule has 0 bridgehead atoms. The minimum atomic E-state index is -0.683. The summed E-state index contributed by atoms with van der Waals surface area (Å²) in [5.74, 6) is 2.33. The van der Waals surface area contributed by atoms with Crippen molar-refractivity contribution in [3.63, 3.8) is 0 Å². The number of carbonyl (C=O) groups is 1. The molecule has 0 aliphatic carbocycles. The first-order chi connectivity index (χ1) is 27.5. The molecule has 0 fully saturated rings. The molecular formula is C47H65N3O8. The Morgan fingerprint density at radius 1 is 0.552 bits per heavy atom. The minimum absolute atomic E-state index is 0.0603. The van der Waals surface area contributed by atoms with Gasteiger partial charge < -0.3 is 33.9 Å². The Bertz CT molecular complexity index is 1870. The second kappa shape index (κ2) is 20.6. The topological polar surface area (TPSA) is 142 Å². The molecule has 0 aliphatic heterocycles. The molecule has 4 rings (SSSR count). The van der Waals surface area contributed by atoms with E-state index in [4.69, 9.17) is 38.6 Å². The van der Waals surface area contributed by atoms with Gasteiger partial charge in [0, 0.05) is 18.2 Å². The van der Waals surface area contributed by atoms with Crippen LogP contribution in [0.15, 0.2) is 54.6 Å². The Morgan fingerprint density at radius 2 is 0.966 bits per heavy atom. The van der Waals surface area contributed by atoms with Gasteiger partial charge in [-0.15, -0.1) is 0 Å². The molecule has 0 saturated carbocycles. The quantitative estimate of drug-likeness (QED) is 0.0614. The van der Waals surface area contributed by atoms with Crippen LogP contribution in [0.2, 0.25) is 0 Å². The van der Waals surface area contributed by atoms with Crippen LogP contribution in [0, 0.1) is 16.2 Å².